The third-order valence-electron chi connectivity index (χ3n) is 3.84. The van der Waals surface area contributed by atoms with Crippen LogP contribution < -0.4 is 5.73 Å². The number of benzene rings is 1. The standard InChI is InChI=1S/C16H13F2N5O/c17-10-5-3-8(4-6-10)12(18)16-22-15(23-24-16)11-7-20-14(9-1-2-9)21-13(11)19/h3-7,9,12H,1-2H2,(H2,19,20,21). The molecule has 24 heavy (non-hydrogen) atoms. The highest BCUT2D eigenvalue weighted by Crippen LogP contribution is 2.39. The van der Waals surface area contributed by atoms with E-state index in [1.54, 1.807) is 0 Å². The molecule has 0 radical (unpaired) electrons. The molecule has 1 fully saturated rings. The first-order valence-corrected chi connectivity index (χ1v) is 7.47. The molecule has 0 bridgehead atoms. The predicted octanol–water partition coefficient (Wildman–Crippen LogP) is 3.18. The largest absolute Gasteiger partial charge is 0.383 e. The smallest absolute Gasteiger partial charge is 0.266 e. The third kappa shape index (κ3) is 2.70. The highest BCUT2D eigenvalue weighted by Gasteiger charge is 2.28. The molecule has 0 aliphatic heterocycles. The lowest BCUT2D eigenvalue weighted by molar-refractivity contribution is 0.282. The van der Waals surface area contributed by atoms with Crippen LogP contribution in [-0.4, -0.2) is 20.1 Å². The number of rotatable bonds is 4. The summed E-state index contributed by atoms with van der Waals surface area (Å²) in [6.45, 7) is 0. The van der Waals surface area contributed by atoms with Gasteiger partial charge in [0, 0.05) is 12.1 Å². The molecule has 2 N–H and O–H groups in total. The van der Waals surface area contributed by atoms with E-state index in [1.807, 2.05) is 0 Å². The van der Waals surface area contributed by atoms with Gasteiger partial charge in [0.15, 0.2) is 0 Å². The molecular formula is C16H13F2N5O. The van der Waals surface area contributed by atoms with Gasteiger partial charge in [0.25, 0.3) is 5.89 Å². The first kappa shape index (κ1) is 14.7. The molecule has 4 rings (SSSR count). The summed E-state index contributed by atoms with van der Waals surface area (Å²) in [5.41, 5.74) is 6.54. The fourth-order valence-electron chi connectivity index (χ4n) is 2.34. The van der Waals surface area contributed by atoms with Gasteiger partial charge in [-0.25, -0.2) is 18.7 Å². The second kappa shape index (κ2) is 5.63. The van der Waals surface area contributed by atoms with Gasteiger partial charge in [0.2, 0.25) is 12.0 Å². The van der Waals surface area contributed by atoms with E-state index >= 15 is 0 Å². The summed E-state index contributed by atoms with van der Waals surface area (Å²) < 4.78 is 32.3. The van der Waals surface area contributed by atoms with Crippen LogP contribution in [0.5, 0.6) is 0 Å². The molecule has 1 atom stereocenters. The van der Waals surface area contributed by atoms with E-state index in [-0.39, 0.29) is 23.1 Å². The molecule has 122 valence electrons. The van der Waals surface area contributed by atoms with E-state index in [1.165, 1.54) is 30.5 Å². The van der Waals surface area contributed by atoms with Gasteiger partial charge in [-0.15, -0.1) is 0 Å². The summed E-state index contributed by atoms with van der Waals surface area (Å²) >= 11 is 0. The van der Waals surface area contributed by atoms with Gasteiger partial charge in [-0.3, -0.25) is 0 Å². The minimum Gasteiger partial charge on any atom is -0.383 e. The molecule has 2 heterocycles. The third-order valence-corrected chi connectivity index (χ3v) is 3.84. The van der Waals surface area contributed by atoms with Crippen molar-refractivity contribution in [3.05, 3.63) is 53.6 Å². The Labute approximate surface area is 135 Å². The van der Waals surface area contributed by atoms with Crippen molar-refractivity contribution in [2.75, 3.05) is 5.73 Å². The quantitative estimate of drug-likeness (QED) is 0.790. The van der Waals surface area contributed by atoms with Crippen molar-refractivity contribution in [1.82, 2.24) is 20.1 Å². The van der Waals surface area contributed by atoms with Crippen LogP contribution in [0.3, 0.4) is 0 Å². The molecule has 1 aliphatic carbocycles. The molecule has 1 aromatic carbocycles. The van der Waals surface area contributed by atoms with Crippen molar-refractivity contribution >= 4 is 5.82 Å². The highest BCUT2D eigenvalue weighted by atomic mass is 19.1. The minimum atomic E-state index is -1.65. The first-order chi connectivity index (χ1) is 11.6. The maximum Gasteiger partial charge on any atom is 0.266 e. The van der Waals surface area contributed by atoms with E-state index in [0.717, 1.165) is 12.8 Å². The number of nitrogens with zero attached hydrogens (tertiary/aromatic N) is 4. The number of aromatic nitrogens is 4. The highest BCUT2D eigenvalue weighted by molar-refractivity contribution is 5.66. The van der Waals surface area contributed by atoms with E-state index in [4.69, 9.17) is 10.3 Å². The fraction of sp³-hybridized carbons (Fsp3) is 0.250. The van der Waals surface area contributed by atoms with Crippen LogP contribution >= 0.6 is 0 Å². The lowest BCUT2D eigenvalue weighted by atomic mass is 10.1. The lowest BCUT2D eigenvalue weighted by Crippen LogP contribution is -2.01. The molecule has 1 unspecified atom stereocenters. The van der Waals surface area contributed by atoms with Gasteiger partial charge in [-0.05, 0) is 30.5 Å². The van der Waals surface area contributed by atoms with Crippen LogP contribution in [0.1, 0.15) is 42.2 Å². The number of hydrogen-bond donors (Lipinski definition) is 1. The average Bonchev–Trinajstić information content (AvgIpc) is 3.32. The molecule has 6 nitrogen and oxygen atoms in total. The molecular weight excluding hydrogens is 316 g/mol. The summed E-state index contributed by atoms with van der Waals surface area (Å²) in [5, 5.41) is 3.74. The molecule has 0 amide bonds. The van der Waals surface area contributed by atoms with Crippen LogP contribution in [-0.2, 0) is 0 Å². The topological polar surface area (TPSA) is 90.7 Å². The number of nitrogen functional groups attached to an aromatic ring is 1. The van der Waals surface area contributed by atoms with Crippen molar-refractivity contribution in [2.45, 2.75) is 24.9 Å². The van der Waals surface area contributed by atoms with Gasteiger partial charge < -0.3 is 10.3 Å². The zero-order chi connectivity index (χ0) is 16.7. The summed E-state index contributed by atoms with van der Waals surface area (Å²) in [7, 11) is 0. The van der Waals surface area contributed by atoms with E-state index in [9.17, 15) is 8.78 Å². The van der Waals surface area contributed by atoms with E-state index in [2.05, 4.69) is 20.1 Å². The van der Waals surface area contributed by atoms with Gasteiger partial charge in [-0.1, -0.05) is 17.3 Å². The molecule has 0 spiro atoms. The van der Waals surface area contributed by atoms with Crippen LogP contribution in [0.15, 0.2) is 35.0 Å². The summed E-state index contributed by atoms with van der Waals surface area (Å²) in [6, 6.07) is 4.99. The maximum absolute atomic E-state index is 14.4. The molecule has 2 aromatic heterocycles. The summed E-state index contributed by atoms with van der Waals surface area (Å²) in [5.74, 6) is 0.747. The Morgan fingerprint density at radius 1 is 1.17 bits per heavy atom. The first-order valence-electron chi connectivity index (χ1n) is 7.47. The number of anilines is 1. The zero-order valence-electron chi connectivity index (χ0n) is 12.5. The average molecular weight is 329 g/mol. The number of halogens is 2. The normalized spacial score (nSPS) is 15.4. The van der Waals surface area contributed by atoms with Crippen LogP contribution in [0.4, 0.5) is 14.6 Å². The Hall–Kier alpha value is -2.90. The Morgan fingerprint density at radius 3 is 2.58 bits per heavy atom. The van der Waals surface area contributed by atoms with Crippen molar-refractivity contribution in [2.24, 2.45) is 0 Å². The molecule has 1 aliphatic rings. The summed E-state index contributed by atoms with van der Waals surface area (Å²) in [6.07, 6.45) is 1.99. The monoisotopic (exact) mass is 329 g/mol. The van der Waals surface area contributed by atoms with Gasteiger partial charge in [0.1, 0.15) is 17.5 Å². The predicted molar refractivity (Wildman–Crippen MR) is 81.1 cm³/mol. The number of alkyl halides is 1. The van der Waals surface area contributed by atoms with Gasteiger partial charge in [0.05, 0.1) is 5.56 Å². The van der Waals surface area contributed by atoms with Crippen molar-refractivity contribution in [3.63, 3.8) is 0 Å². The van der Waals surface area contributed by atoms with Gasteiger partial charge in [-0.2, -0.15) is 4.98 Å². The van der Waals surface area contributed by atoms with E-state index in [0.29, 0.717) is 17.3 Å². The second-order valence-corrected chi connectivity index (χ2v) is 5.67. The molecule has 0 saturated heterocycles. The number of nitrogens with two attached hydrogens (primary N) is 1. The summed E-state index contributed by atoms with van der Waals surface area (Å²) in [4.78, 5) is 12.5. The van der Waals surface area contributed by atoms with Crippen LogP contribution in [0.2, 0.25) is 0 Å². The van der Waals surface area contributed by atoms with Crippen molar-refractivity contribution in [1.29, 1.82) is 0 Å². The Bertz CT molecular complexity index is 876. The fourth-order valence-corrected chi connectivity index (χ4v) is 2.34. The minimum absolute atomic E-state index is 0.120. The van der Waals surface area contributed by atoms with Crippen molar-refractivity contribution in [3.8, 4) is 11.4 Å². The number of hydrogen-bond acceptors (Lipinski definition) is 6. The Kier molecular flexibility index (Phi) is 3.44. The van der Waals surface area contributed by atoms with Crippen LogP contribution in [0.25, 0.3) is 11.4 Å². The zero-order valence-corrected chi connectivity index (χ0v) is 12.5. The molecule has 1 saturated carbocycles. The molecule has 8 heteroatoms. The second-order valence-electron chi connectivity index (χ2n) is 5.67. The molecule has 3 aromatic rings. The Balaban J connectivity index is 1.61. The van der Waals surface area contributed by atoms with Crippen molar-refractivity contribution < 1.29 is 13.3 Å². The van der Waals surface area contributed by atoms with Crippen LogP contribution in [0, 0.1) is 5.82 Å². The van der Waals surface area contributed by atoms with E-state index < -0.39 is 12.0 Å². The lowest BCUT2D eigenvalue weighted by Gasteiger charge is -2.03. The van der Waals surface area contributed by atoms with Gasteiger partial charge >= 0.3 is 0 Å². The SMILES string of the molecule is Nc1nc(C2CC2)ncc1-c1noc(C(F)c2ccc(F)cc2)n1. The maximum atomic E-state index is 14.4. The Morgan fingerprint density at radius 2 is 1.92 bits per heavy atom.